The van der Waals surface area contributed by atoms with Crippen molar-refractivity contribution in [3.05, 3.63) is 45.8 Å². The molecule has 3 N–H and O–H groups in total. The van der Waals surface area contributed by atoms with Crippen molar-refractivity contribution in [3.8, 4) is 29.0 Å². The van der Waals surface area contributed by atoms with Crippen LogP contribution in [0.4, 0.5) is 24.0 Å². The van der Waals surface area contributed by atoms with Crippen molar-refractivity contribution in [3.63, 3.8) is 0 Å². The second-order valence-electron chi connectivity index (χ2n) is 14.1. The van der Waals surface area contributed by atoms with Gasteiger partial charge in [0.1, 0.15) is 53.6 Å². The standard InChI is InChI=1S/C36H35ClF3N9O3S/c1-43-13-19-16-51-30-26-29(28(40)25(27(30)37)20-5-6-22(39)31-24(20)21(12-41)32(42)53-31)45-35(52-17-36-7-3-9-48(36)15-18(38)11-36)46-33(26)49(19)10-4-8-47(2)34(50)23-14-44-23/h5-6,18-19,23,44H,3-4,7-11,13-17,42H2,2H3/t18-,19?,23?,36+/m1/s1. The van der Waals surface area contributed by atoms with Gasteiger partial charge in [-0.1, -0.05) is 17.7 Å². The van der Waals surface area contributed by atoms with E-state index in [0.717, 1.165) is 36.8 Å². The highest BCUT2D eigenvalue weighted by Gasteiger charge is 2.49. The van der Waals surface area contributed by atoms with Crippen LogP contribution in [-0.4, -0.2) is 109 Å². The molecular formula is C36H35ClF3N9O3S. The Balaban J connectivity index is 1.29. The van der Waals surface area contributed by atoms with Crippen LogP contribution in [0.15, 0.2) is 12.1 Å². The number of carbonyl (C=O) groups is 1. The largest absolute Gasteiger partial charge is 0.489 e. The number of nitrogens with zero attached hydrogens (tertiary/aromatic N) is 7. The van der Waals surface area contributed by atoms with Gasteiger partial charge in [0.25, 0.3) is 0 Å². The number of hydrogen-bond acceptors (Lipinski definition) is 11. The van der Waals surface area contributed by atoms with Gasteiger partial charge in [-0.25, -0.2) is 19.7 Å². The number of benzene rings is 2. The highest BCUT2D eigenvalue weighted by molar-refractivity contribution is 7.23. The third kappa shape index (κ3) is 6.02. The van der Waals surface area contributed by atoms with Crippen molar-refractivity contribution in [2.75, 3.05) is 70.2 Å². The smallest absolute Gasteiger partial charge is 0.319 e. The lowest BCUT2D eigenvalue weighted by Crippen LogP contribution is -2.44. The van der Waals surface area contributed by atoms with Gasteiger partial charge in [0.15, 0.2) is 11.6 Å². The summed E-state index contributed by atoms with van der Waals surface area (Å²) >= 11 is 7.95. The Morgan fingerprint density at radius 2 is 2.17 bits per heavy atom. The van der Waals surface area contributed by atoms with Gasteiger partial charge in [0.05, 0.1) is 32.3 Å². The molecule has 4 aliphatic rings. The summed E-state index contributed by atoms with van der Waals surface area (Å²) in [5, 5.41) is 13.2. The molecule has 53 heavy (non-hydrogen) atoms. The fraction of sp³-hybridized carbons (Fsp3) is 0.472. The van der Waals surface area contributed by atoms with Crippen LogP contribution in [0.3, 0.4) is 0 Å². The van der Waals surface area contributed by atoms with Crippen LogP contribution in [0, 0.1) is 29.5 Å². The Kier molecular flexibility index (Phi) is 9.13. The van der Waals surface area contributed by atoms with Crippen LogP contribution in [0.2, 0.25) is 5.02 Å². The van der Waals surface area contributed by atoms with E-state index in [1.54, 1.807) is 11.9 Å². The molecule has 0 saturated carbocycles. The fourth-order valence-electron chi connectivity index (χ4n) is 8.11. The number of nitrogens with two attached hydrogens (primary N) is 1. The zero-order valence-corrected chi connectivity index (χ0v) is 30.3. The number of nitriles is 1. The molecule has 3 saturated heterocycles. The summed E-state index contributed by atoms with van der Waals surface area (Å²) in [6, 6.07) is 3.61. The van der Waals surface area contributed by atoms with Gasteiger partial charge in [-0.2, -0.15) is 15.2 Å². The van der Waals surface area contributed by atoms with E-state index in [0.29, 0.717) is 39.0 Å². The number of anilines is 2. The molecule has 2 aromatic carbocycles. The summed E-state index contributed by atoms with van der Waals surface area (Å²) in [6.07, 6.45) is 1.40. The summed E-state index contributed by atoms with van der Waals surface area (Å²) in [5.41, 5.74) is 5.30. The van der Waals surface area contributed by atoms with Gasteiger partial charge in [-0.3, -0.25) is 9.69 Å². The predicted molar refractivity (Wildman–Crippen MR) is 195 cm³/mol. The molecule has 1 amide bonds. The minimum Gasteiger partial charge on any atom is -0.489 e. The van der Waals surface area contributed by atoms with E-state index in [1.807, 2.05) is 11.0 Å². The second-order valence-corrected chi connectivity index (χ2v) is 15.5. The lowest BCUT2D eigenvalue weighted by molar-refractivity contribution is -0.129. The molecule has 276 valence electrons. The number of aromatic nitrogens is 2. The maximum Gasteiger partial charge on any atom is 0.319 e. The number of nitrogens with one attached hydrogen (secondary N) is 1. The molecule has 2 unspecified atom stereocenters. The highest BCUT2D eigenvalue weighted by atomic mass is 35.5. The zero-order chi connectivity index (χ0) is 37.2. The number of rotatable bonds is 10. The molecular weight excluding hydrogens is 731 g/mol. The number of likely N-dealkylation sites (N-methyl/N-ethyl adjacent to an activating group) is 1. The first-order chi connectivity index (χ1) is 25.5. The number of hydrogen-bond donors (Lipinski definition) is 2. The predicted octanol–water partition coefficient (Wildman–Crippen LogP) is 5.16. The SMILES string of the molecule is [C-]#[N+]CC1COc2c(Cl)c(-c3ccc(F)c4sc(N)c(C#N)c34)c(F)c3nc(OC[C@@]45CCCN4C[C@H](F)C5)nc(c23)N1CCCN(C)C(=O)C1CN1. The van der Waals surface area contributed by atoms with E-state index in [9.17, 15) is 14.4 Å². The molecule has 0 aliphatic carbocycles. The molecule has 6 heterocycles. The zero-order valence-electron chi connectivity index (χ0n) is 28.7. The van der Waals surface area contributed by atoms with Crippen molar-refractivity contribution in [1.29, 1.82) is 5.26 Å². The first-order valence-electron chi connectivity index (χ1n) is 17.4. The van der Waals surface area contributed by atoms with E-state index in [4.69, 9.17) is 38.4 Å². The molecule has 2 aromatic heterocycles. The Labute approximate surface area is 312 Å². The average molecular weight is 766 g/mol. The van der Waals surface area contributed by atoms with Gasteiger partial charge in [-0.15, -0.1) is 11.3 Å². The quantitative estimate of drug-likeness (QED) is 0.164. The average Bonchev–Trinajstić information content (AvgIpc) is 3.77. The Bertz CT molecular complexity index is 2240. The Morgan fingerprint density at radius 1 is 1.36 bits per heavy atom. The Hall–Kier alpha value is -4.61. The van der Waals surface area contributed by atoms with Crippen LogP contribution < -0.4 is 25.4 Å². The molecule has 12 nitrogen and oxygen atoms in total. The molecule has 0 radical (unpaired) electrons. The van der Waals surface area contributed by atoms with E-state index >= 15 is 8.78 Å². The van der Waals surface area contributed by atoms with Crippen molar-refractivity contribution in [2.45, 2.75) is 49.5 Å². The second kappa shape index (κ2) is 13.7. The van der Waals surface area contributed by atoms with Gasteiger partial charge >= 0.3 is 6.01 Å². The maximum absolute atomic E-state index is 17.4. The van der Waals surface area contributed by atoms with Gasteiger partial charge in [-0.05, 0) is 37.4 Å². The van der Waals surface area contributed by atoms with Crippen LogP contribution in [0.1, 0.15) is 31.2 Å². The van der Waals surface area contributed by atoms with E-state index in [-0.39, 0.29) is 97.0 Å². The van der Waals surface area contributed by atoms with E-state index in [1.165, 1.54) is 6.07 Å². The first kappa shape index (κ1) is 35.4. The number of carbonyl (C=O) groups excluding carboxylic acids is 1. The van der Waals surface area contributed by atoms with Crippen molar-refractivity contribution >= 4 is 60.7 Å². The molecule has 4 atom stereocenters. The van der Waals surface area contributed by atoms with Gasteiger partial charge < -0.3 is 35.2 Å². The lowest BCUT2D eigenvalue weighted by Gasteiger charge is -2.31. The fourth-order valence-corrected chi connectivity index (χ4v) is 9.39. The minimum atomic E-state index is -0.995. The molecule has 17 heteroatoms. The third-order valence-corrected chi connectivity index (χ3v) is 12.2. The van der Waals surface area contributed by atoms with Crippen molar-refractivity contribution in [1.82, 2.24) is 25.1 Å². The number of ether oxygens (including phenoxy) is 2. The number of fused-ring (bicyclic) bond motifs is 2. The van der Waals surface area contributed by atoms with Gasteiger partial charge in [0.2, 0.25) is 12.5 Å². The number of halogens is 4. The van der Waals surface area contributed by atoms with E-state index in [2.05, 4.69) is 20.0 Å². The number of alkyl halides is 1. The van der Waals surface area contributed by atoms with Crippen LogP contribution >= 0.6 is 22.9 Å². The Morgan fingerprint density at radius 3 is 2.92 bits per heavy atom. The topological polar surface area (TPSA) is 147 Å². The van der Waals surface area contributed by atoms with Crippen molar-refractivity contribution in [2.24, 2.45) is 0 Å². The van der Waals surface area contributed by atoms with E-state index < -0.39 is 29.4 Å². The van der Waals surface area contributed by atoms with Crippen LogP contribution in [0.25, 0.3) is 37.0 Å². The third-order valence-electron chi connectivity index (χ3n) is 10.8. The lowest BCUT2D eigenvalue weighted by atomic mass is 9.95. The number of nitrogen functional groups attached to an aromatic ring is 1. The highest BCUT2D eigenvalue weighted by Crippen LogP contribution is 2.51. The molecule has 4 aliphatic heterocycles. The molecule has 0 spiro atoms. The normalized spacial score (nSPS) is 23.4. The molecule has 0 bridgehead atoms. The monoisotopic (exact) mass is 765 g/mol. The van der Waals surface area contributed by atoms with Crippen LogP contribution in [-0.2, 0) is 4.79 Å². The summed E-state index contributed by atoms with van der Waals surface area (Å²) in [5.74, 6) is -1.24. The maximum atomic E-state index is 17.4. The van der Waals surface area contributed by atoms with Crippen LogP contribution in [0.5, 0.6) is 11.8 Å². The summed E-state index contributed by atoms with van der Waals surface area (Å²) in [4.78, 5) is 31.3. The van der Waals surface area contributed by atoms with Gasteiger partial charge in [0, 0.05) is 50.6 Å². The minimum absolute atomic E-state index is 0.00233. The summed E-state index contributed by atoms with van der Waals surface area (Å²) in [7, 11) is 1.73. The summed E-state index contributed by atoms with van der Waals surface area (Å²) < 4.78 is 59.8. The van der Waals surface area contributed by atoms with Crippen molar-refractivity contribution < 1.29 is 27.4 Å². The first-order valence-corrected chi connectivity index (χ1v) is 18.6. The molecule has 8 rings (SSSR count). The summed E-state index contributed by atoms with van der Waals surface area (Å²) in [6.45, 7) is 10.2. The molecule has 4 aromatic rings. The number of amides is 1. The number of thiophene rings is 1. The molecule has 3 fully saturated rings.